The highest BCUT2D eigenvalue weighted by molar-refractivity contribution is 7.89. The monoisotopic (exact) mass is 423 g/mol. The number of aliphatic imine (C=N–C) groups is 1. The summed E-state index contributed by atoms with van der Waals surface area (Å²) in [5.41, 5.74) is 0.604. The number of sulfonamides is 1. The zero-order chi connectivity index (χ0) is 21.5. The number of amides is 1. The molecule has 2 rings (SSSR count). The Morgan fingerprint density at radius 2 is 1.72 bits per heavy atom. The average Bonchev–Trinajstić information content (AvgIpc) is 3.18. The van der Waals surface area contributed by atoms with E-state index in [1.165, 1.54) is 4.31 Å². The second-order valence-electron chi connectivity index (χ2n) is 8.10. The van der Waals surface area contributed by atoms with Crippen LogP contribution in [-0.4, -0.2) is 56.3 Å². The molecule has 29 heavy (non-hydrogen) atoms. The summed E-state index contributed by atoms with van der Waals surface area (Å²) in [7, 11) is -3.40. The van der Waals surface area contributed by atoms with Crippen molar-refractivity contribution in [1.29, 1.82) is 0 Å². The van der Waals surface area contributed by atoms with E-state index in [1.807, 2.05) is 27.7 Å². The van der Waals surface area contributed by atoms with Crippen molar-refractivity contribution >= 4 is 21.9 Å². The van der Waals surface area contributed by atoms with Gasteiger partial charge >= 0.3 is 0 Å². The van der Waals surface area contributed by atoms with Crippen LogP contribution in [0.1, 0.15) is 46.1 Å². The molecule has 0 bridgehead atoms. The molecule has 0 aliphatic carbocycles. The Kier molecular flexibility index (Phi) is 8.04. The second-order valence-corrected chi connectivity index (χ2v) is 10.0. The highest BCUT2D eigenvalue weighted by Crippen LogP contribution is 2.21. The van der Waals surface area contributed by atoms with E-state index >= 15 is 0 Å². The Labute approximate surface area is 174 Å². The van der Waals surface area contributed by atoms with Gasteiger partial charge in [-0.15, -0.1) is 0 Å². The zero-order valence-electron chi connectivity index (χ0n) is 17.8. The average molecular weight is 424 g/mol. The van der Waals surface area contributed by atoms with Gasteiger partial charge in [-0.1, -0.05) is 12.1 Å². The number of nitrogens with one attached hydrogen (secondary N) is 3. The van der Waals surface area contributed by atoms with Crippen molar-refractivity contribution in [3.63, 3.8) is 0 Å². The minimum Gasteiger partial charge on any atom is -0.357 e. The van der Waals surface area contributed by atoms with Crippen molar-refractivity contribution in [1.82, 2.24) is 20.3 Å². The summed E-state index contributed by atoms with van der Waals surface area (Å²) in [4.78, 5) is 16.8. The van der Waals surface area contributed by atoms with Gasteiger partial charge in [0, 0.05) is 25.2 Å². The fourth-order valence-corrected chi connectivity index (χ4v) is 4.50. The molecule has 1 fully saturated rings. The fourth-order valence-electron chi connectivity index (χ4n) is 2.98. The molecular formula is C20H33N5O3S. The molecule has 3 N–H and O–H groups in total. The highest BCUT2D eigenvalue weighted by Gasteiger charge is 2.26. The van der Waals surface area contributed by atoms with Gasteiger partial charge in [0.1, 0.15) is 0 Å². The Hall–Kier alpha value is -2.13. The molecule has 1 aliphatic rings. The van der Waals surface area contributed by atoms with E-state index in [0.717, 1.165) is 18.4 Å². The molecule has 9 heteroatoms. The van der Waals surface area contributed by atoms with Crippen molar-refractivity contribution in [2.75, 3.05) is 26.2 Å². The van der Waals surface area contributed by atoms with E-state index in [1.54, 1.807) is 24.3 Å². The first-order valence-electron chi connectivity index (χ1n) is 10.0. The van der Waals surface area contributed by atoms with Crippen LogP contribution >= 0.6 is 0 Å². The van der Waals surface area contributed by atoms with Gasteiger partial charge < -0.3 is 16.0 Å². The molecule has 1 aromatic carbocycles. The summed E-state index contributed by atoms with van der Waals surface area (Å²) in [6, 6.07) is 6.83. The Bertz CT molecular complexity index is 808. The quantitative estimate of drug-likeness (QED) is 0.455. The third-order valence-electron chi connectivity index (χ3n) is 4.32. The van der Waals surface area contributed by atoms with E-state index in [2.05, 4.69) is 20.9 Å². The minimum atomic E-state index is -3.40. The largest absolute Gasteiger partial charge is 0.357 e. The third-order valence-corrected chi connectivity index (χ3v) is 6.23. The van der Waals surface area contributed by atoms with Crippen LogP contribution in [0, 0.1) is 0 Å². The summed E-state index contributed by atoms with van der Waals surface area (Å²) in [5, 5.41) is 9.00. The number of carbonyl (C=O) groups excluding carboxylic acids is 1. The normalized spacial score (nSPS) is 15.9. The van der Waals surface area contributed by atoms with Crippen molar-refractivity contribution in [3.8, 4) is 0 Å². The van der Waals surface area contributed by atoms with Gasteiger partial charge in [-0.05, 0) is 58.2 Å². The molecule has 0 radical (unpaired) electrons. The van der Waals surface area contributed by atoms with Crippen LogP contribution < -0.4 is 16.0 Å². The van der Waals surface area contributed by atoms with Crippen LogP contribution in [0.15, 0.2) is 34.2 Å². The van der Waals surface area contributed by atoms with E-state index in [4.69, 9.17) is 0 Å². The predicted molar refractivity (Wildman–Crippen MR) is 115 cm³/mol. The van der Waals surface area contributed by atoms with Gasteiger partial charge in [-0.25, -0.2) is 13.4 Å². The second kappa shape index (κ2) is 10.1. The first-order valence-corrected chi connectivity index (χ1v) is 11.5. The van der Waals surface area contributed by atoms with Gasteiger partial charge in [-0.3, -0.25) is 4.79 Å². The maximum Gasteiger partial charge on any atom is 0.243 e. The van der Waals surface area contributed by atoms with Crippen LogP contribution in [0.4, 0.5) is 0 Å². The molecule has 1 aliphatic heterocycles. The highest BCUT2D eigenvalue weighted by atomic mass is 32.2. The minimum absolute atomic E-state index is 0.112. The fraction of sp³-hybridized carbons (Fsp3) is 0.600. The van der Waals surface area contributed by atoms with Gasteiger partial charge in [0.15, 0.2) is 5.96 Å². The van der Waals surface area contributed by atoms with Crippen molar-refractivity contribution in [3.05, 3.63) is 29.8 Å². The molecular weight excluding hydrogens is 390 g/mol. The van der Waals surface area contributed by atoms with Crippen LogP contribution in [0.2, 0.25) is 0 Å². The smallest absolute Gasteiger partial charge is 0.243 e. The van der Waals surface area contributed by atoms with E-state index in [9.17, 15) is 13.2 Å². The van der Waals surface area contributed by atoms with Crippen LogP contribution in [0.5, 0.6) is 0 Å². The summed E-state index contributed by atoms with van der Waals surface area (Å²) in [6.07, 6.45) is 1.83. The van der Waals surface area contributed by atoms with Crippen molar-refractivity contribution in [2.45, 2.75) is 57.5 Å². The number of benzene rings is 1. The molecule has 0 aromatic heterocycles. The molecule has 0 unspecified atom stereocenters. The lowest BCUT2D eigenvalue weighted by atomic mass is 10.1. The van der Waals surface area contributed by atoms with Gasteiger partial charge in [0.25, 0.3) is 0 Å². The van der Waals surface area contributed by atoms with Gasteiger partial charge in [0.2, 0.25) is 15.9 Å². The molecule has 0 saturated carbocycles. The predicted octanol–water partition coefficient (Wildman–Crippen LogP) is 1.44. The van der Waals surface area contributed by atoms with Gasteiger partial charge in [-0.2, -0.15) is 4.31 Å². The van der Waals surface area contributed by atoms with Crippen molar-refractivity contribution < 1.29 is 13.2 Å². The molecule has 1 aromatic rings. The standard InChI is InChI=1S/C20H33N5O3S/c1-5-21-19(23-15-18(26)24-20(2,3)4)22-14-16-8-10-17(11-9-16)29(27,28)25-12-6-7-13-25/h8-11H,5-7,12-15H2,1-4H3,(H,24,26)(H2,21,22,23). The lowest BCUT2D eigenvalue weighted by molar-refractivity contribution is -0.121. The summed E-state index contributed by atoms with van der Waals surface area (Å²) in [5.74, 6) is 0.421. The molecule has 1 amide bonds. The number of hydrogen-bond donors (Lipinski definition) is 3. The maximum atomic E-state index is 12.6. The Morgan fingerprint density at radius 3 is 2.28 bits per heavy atom. The summed E-state index contributed by atoms with van der Waals surface area (Å²) < 4.78 is 26.7. The summed E-state index contributed by atoms with van der Waals surface area (Å²) in [6.45, 7) is 10.1. The molecule has 0 spiro atoms. The van der Waals surface area contributed by atoms with E-state index in [0.29, 0.717) is 37.0 Å². The molecule has 0 atom stereocenters. The molecule has 1 saturated heterocycles. The zero-order valence-corrected chi connectivity index (χ0v) is 18.6. The molecule has 8 nitrogen and oxygen atoms in total. The number of nitrogens with zero attached hydrogens (tertiary/aromatic N) is 2. The maximum absolute atomic E-state index is 12.6. The third kappa shape index (κ3) is 7.32. The van der Waals surface area contributed by atoms with Crippen molar-refractivity contribution in [2.24, 2.45) is 4.99 Å². The Morgan fingerprint density at radius 1 is 1.10 bits per heavy atom. The molecule has 1 heterocycles. The SMILES string of the molecule is CCNC(=NCc1ccc(S(=O)(=O)N2CCCC2)cc1)NCC(=O)NC(C)(C)C. The lowest BCUT2D eigenvalue weighted by Crippen LogP contribution is -2.48. The van der Waals surface area contributed by atoms with Gasteiger partial charge in [0.05, 0.1) is 18.0 Å². The van der Waals surface area contributed by atoms with E-state index < -0.39 is 10.0 Å². The number of rotatable bonds is 7. The first-order chi connectivity index (χ1) is 13.6. The Balaban J connectivity index is 1.97. The number of hydrogen-bond acceptors (Lipinski definition) is 4. The van der Waals surface area contributed by atoms with Crippen LogP contribution in [0.3, 0.4) is 0 Å². The first kappa shape index (κ1) is 23.2. The van der Waals surface area contributed by atoms with Crippen LogP contribution in [-0.2, 0) is 21.4 Å². The lowest BCUT2D eigenvalue weighted by Gasteiger charge is -2.21. The number of carbonyl (C=O) groups is 1. The summed E-state index contributed by atoms with van der Waals surface area (Å²) >= 11 is 0. The topological polar surface area (TPSA) is 103 Å². The number of guanidine groups is 1. The van der Waals surface area contributed by atoms with Crippen LogP contribution in [0.25, 0.3) is 0 Å². The molecule has 162 valence electrons. The van der Waals surface area contributed by atoms with E-state index in [-0.39, 0.29) is 18.0 Å².